The normalized spacial score (nSPS) is 17.2. The van der Waals surface area contributed by atoms with Gasteiger partial charge in [-0.05, 0) is 158 Å². The average Bonchev–Trinajstić information content (AvgIpc) is 3.76. The van der Waals surface area contributed by atoms with Crippen LogP contribution in [0.5, 0.6) is 17.2 Å². The topological polar surface area (TPSA) is 82.2 Å². The number of rotatable bonds is 19. The highest BCUT2D eigenvalue weighted by Gasteiger charge is 2.37. The molecule has 0 spiro atoms. The summed E-state index contributed by atoms with van der Waals surface area (Å²) in [6.07, 6.45) is 5.79. The number of methoxy groups -OCH3 is 2. The maximum Gasteiger partial charge on any atom is 0.258 e. The van der Waals surface area contributed by atoms with Crippen molar-refractivity contribution in [3.05, 3.63) is 141 Å². The number of carbonyl (C=O) groups excluding carboxylic acids is 1. The van der Waals surface area contributed by atoms with Gasteiger partial charge in [0.05, 0.1) is 40.1 Å². The molecule has 0 saturated heterocycles. The van der Waals surface area contributed by atoms with Gasteiger partial charge >= 0.3 is 0 Å². The van der Waals surface area contributed by atoms with Crippen LogP contribution in [-0.2, 0) is 59.7 Å². The molecule has 0 unspecified atom stereocenters. The zero-order valence-corrected chi connectivity index (χ0v) is 40.2. The Morgan fingerprint density at radius 2 is 1.30 bits per heavy atom. The zero-order valence-electron chi connectivity index (χ0n) is 39.3. The van der Waals surface area contributed by atoms with Crippen molar-refractivity contribution in [1.29, 1.82) is 0 Å². The van der Waals surface area contributed by atoms with Crippen molar-refractivity contribution in [1.82, 2.24) is 0 Å². The Hall–Kier alpha value is -5.20. The number of aryl methyl sites for hydroxylation is 3. The third-order valence-electron chi connectivity index (χ3n) is 13.5. The minimum absolute atomic E-state index is 0.0801. The fourth-order valence-corrected chi connectivity index (χ4v) is 10.5. The van der Waals surface area contributed by atoms with E-state index in [1.54, 1.807) is 14.2 Å². The fraction of sp³-hybridized carbons (Fsp3) is 0.436. The van der Waals surface area contributed by atoms with Gasteiger partial charge < -0.3 is 43.1 Å². The fourth-order valence-electron chi connectivity index (χ4n) is 10.3. The molecule has 0 saturated carbocycles. The van der Waals surface area contributed by atoms with Gasteiger partial charge in [-0.3, -0.25) is 4.79 Å². The van der Waals surface area contributed by atoms with Crippen molar-refractivity contribution in [2.24, 2.45) is 0 Å². The zero-order chi connectivity index (χ0) is 45.8. The van der Waals surface area contributed by atoms with Crippen LogP contribution in [0.3, 0.4) is 0 Å². The molecule has 2 atom stereocenters. The number of nitrogens with zero attached hydrogens (tertiary/aromatic N) is 3. The quantitative estimate of drug-likeness (QED) is 0.0644. The number of carbonyl (C=O) groups is 1. The summed E-state index contributed by atoms with van der Waals surface area (Å²) >= 11 is 4.98. The summed E-state index contributed by atoms with van der Waals surface area (Å²) in [4.78, 5) is 21.1. The minimum Gasteiger partial charge on any atom is -0.493 e. The number of para-hydroxylation sites is 2. The summed E-state index contributed by atoms with van der Waals surface area (Å²) < 4.78 is 36.0. The van der Waals surface area contributed by atoms with Crippen LogP contribution in [-0.4, -0.2) is 83.1 Å². The molecular formula is C55H65N3O7S. The van der Waals surface area contributed by atoms with Crippen LogP contribution in [0.25, 0.3) is 0 Å². The molecule has 0 aliphatic carbocycles. The number of hydrogen-bond donors (Lipinski definition) is 1. The highest BCUT2D eigenvalue weighted by Crippen LogP contribution is 2.42. The molecule has 66 heavy (non-hydrogen) atoms. The molecule has 4 heterocycles. The molecule has 0 fully saturated rings. The van der Waals surface area contributed by atoms with Gasteiger partial charge in [0.25, 0.3) is 5.91 Å². The van der Waals surface area contributed by atoms with E-state index < -0.39 is 0 Å². The SMILES string of the molecule is COCCOCCOCCN(CC(C)(C)S)c1cc(COc2cc3c(cc2C)C(=O)N2c4ccccc4C[C@H]2CC3)cc(COc2cc3c(cc2OC)CN2c4ccccc4C[C@H]2CC3)c1. The lowest BCUT2D eigenvalue weighted by Crippen LogP contribution is -2.37. The summed E-state index contributed by atoms with van der Waals surface area (Å²) in [5, 5.41) is 0. The monoisotopic (exact) mass is 911 g/mol. The molecule has 11 heteroatoms. The number of hydrogen-bond acceptors (Lipinski definition) is 10. The molecule has 4 aliphatic heterocycles. The highest BCUT2D eigenvalue weighted by atomic mass is 32.1. The Labute approximate surface area is 396 Å². The predicted molar refractivity (Wildman–Crippen MR) is 266 cm³/mol. The molecule has 0 bridgehead atoms. The van der Waals surface area contributed by atoms with Gasteiger partial charge in [0.15, 0.2) is 11.5 Å². The van der Waals surface area contributed by atoms with E-state index in [2.05, 4.69) is 103 Å². The van der Waals surface area contributed by atoms with Crippen LogP contribution in [0.1, 0.15) is 81.6 Å². The third kappa shape index (κ3) is 10.3. The van der Waals surface area contributed by atoms with Crippen LogP contribution in [0.2, 0.25) is 0 Å². The Balaban J connectivity index is 0.962. The Morgan fingerprint density at radius 3 is 2.05 bits per heavy atom. The van der Waals surface area contributed by atoms with Crippen molar-refractivity contribution < 1.29 is 33.2 Å². The van der Waals surface area contributed by atoms with Crippen molar-refractivity contribution in [3.8, 4) is 17.2 Å². The molecular weight excluding hydrogens is 847 g/mol. The van der Waals surface area contributed by atoms with E-state index in [-0.39, 0.29) is 16.7 Å². The van der Waals surface area contributed by atoms with E-state index in [0.29, 0.717) is 65.4 Å². The third-order valence-corrected chi connectivity index (χ3v) is 13.7. The highest BCUT2D eigenvalue weighted by molar-refractivity contribution is 7.81. The first-order chi connectivity index (χ1) is 32.0. The molecule has 4 aliphatic rings. The summed E-state index contributed by atoms with van der Waals surface area (Å²) in [5.74, 6) is 2.36. The van der Waals surface area contributed by atoms with Gasteiger partial charge in [-0.25, -0.2) is 0 Å². The Morgan fingerprint density at radius 1 is 0.682 bits per heavy atom. The second-order valence-electron chi connectivity index (χ2n) is 18.9. The largest absolute Gasteiger partial charge is 0.493 e. The Kier molecular flexibility index (Phi) is 14.2. The van der Waals surface area contributed by atoms with Crippen LogP contribution < -0.4 is 28.9 Å². The van der Waals surface area contributed by atoms with E-state index in [1.807, 2.05) is 24.0 Å². The van der Waals surface area contributed by atoms with Gasteiger partial charge in [-0.15, -0.1) is 0 Å². The first-order valence-corrected chi connectivity index (χ1v) is 24.1. The number of anilines is 3. The molecule has 10 nitrogen and oxygen atoms in total. The first-order valence-electron chi connectivity index (χ1n) is 23.6. The maximum absolute atomic E-state index is 14.1. The molecule has 0 aromatic heterocycles. The lowest BCUT2D eigenvalue weighted by atomic mass is 9.98. The van der Waals surface area contributed by atoms with E-state index in [0.717, 1.165) is 102 Å². The van der Waals surface area contributed by atoms with Gasteiger partial charge in [0.1, 0.15) is 19.0 Å². The number of fused-ring (bicyclic) bond motifs is 8. The first kappa shape index (κ1) is 45.9. The molecule has 1 amide bonds. The van der Waals surface area contributed by atoms with Crippen molar-refractivity contribution in [2.75, 3.05) is 75.0 Å². The Bertz CT molecular complexity index is 2520. The van der Waals surface area contributed by atoms with Crippen LogP contribution in [0.4, 0.5) is 17.1 Å². The summed E-state index contributed by atoms with van der Waals surface area (Å²) in [6.45, 7) is 11.8. The van der Waals surface area contributed by atoms with E-state index in [9.17, 15) is 4.79 Å². The lowest BCUT2D eigenvalue weighted by molar-refractivity contribution is 0.0264. The van der Waals surface area contributed by atoms with Crippen molar-refractivity contribution >= 4 is 35.6 Å². The van der Waals surface area contributed by atoms with Gasteiger partial charge in [0.2, 0.25) is 0 Å². The summed E-state index contributed by atoms with van der Waals surface area (Å²) in [7, 11) is 3.40. The standard InChI is InChI=1S/C55H65N3O7S/c1-37-24-48-41(15-17-46-29-43-11-7-9-13-50(43)58(46)54(48)59)31-51(37)64-34-38-25-39(27-47(26-38)56(36-55(2,3)66)18-19-62-22-23-63-21-20-60-4)35-65-53-30-40-14-16-45-28-42-10-6-8-12-49(42)57(45)33-44(40)32-52(53)61-5/h6-13,24-27,30-32,45-46,66H,14-23,28-29,33-36H2,1-5H3/t45-,46-/m1/s1. The molecule has 9 rings (SSSR count). The van der Waals surface area contributed by atoms with Gasteiger partial charge in [-0.1, -0.05) is 36.4 Å². The minimum atomic E-state index is -0.285. The number of ether oxygens (including phenoxy) is 6. The summed E-state index contributed by atoms with van der Waals surface area (Å²) in [5.41, 5.74) is 13.5. The van der Waals surface area contributed by atoms with Crippen molar-refractivity contribution in [2.45, 2.75) is 95.9 Å². The van der Waals surface area contributed by atoms with E-state index >= 15 is 0 Å². The molecule has 348 valence electrons. The van der Waals surface area contributed by atoms with Crippen LogP contribution in [0, 0.1) is 6.92 Å². The second-order valence-corrected chi connectivity index (χ2v) is 20.1. The van der Waals surface area contributed by atoms with Gasteiger partial charge in [0, 0.05) is 66.2 Å². The van der Waals surface area contributed by atoms with Crippen molar-refractivity contribution in [3.63, 3.8) is 0 Å². The molecule has 0 radical (unpaired) electrons. The lowest BCUT2D eigenvalue weighted by Gasteiger charge is -2.32. The van der Waals surface area contributed by atoms with Gasteiger partial charge in [-0.2, -0.15) is 12.6 Å². The van der Waals surface area contributed by atoms with E-state index in [4.69, 9.17) is 41.0 Å². The molecule has 5 aromatic rings. The number of thiol groups is 1. The number of amides is 1. The maximum atomic E-state index is 14.1. The summed E-state index contributed by atoms with van der Waals surface area (Å²) in [6, 6.07) is 32.9. The smallest absolute Gasteiger partial charge is 0.258 e. The molecule has 0 N–H and O–H groups in total. The predicted octanol–water partition coefficient (Wildman–Crippen LogP) is 9.75. The molecule has 5 aromatic carbocycles. The second kappa shape index (κ2) is 20.3. The van der Waals surface area contributed by atoms with Crippen LogP contribution in [0.15, 0.2) is 91.0 Å². The van der Waals surface area contributed by atoms with Crippen LogP contribution >= 0.6 is 12.6 Å². The van der Waals surface area contributed by atoms with E-state index in [1.165, 1.54) is 27.9 Å². The number of benzene rings is 5. The average molecular weight is 912 g/mol.